The van der Waals surface area contributed by atoms with E-state index in [1.807, 2.05) is 53.1 Å². The van der Waals surface area contributed by atoms with Gasteiger partial charge in [0.05, 0.1) is 34.5 Å². The van der Waals surface area contributed by atoms with Crippen molar-refractivity contribution in [2.24, 2.45) is 0 Å². The molecular formula is C29H19N3O3S. The van der Waals surface area contributed by atoms with Crippen LogP contribution in [0.4, 0.5) is 0 Å². The molecule has 1 heterocycles. The van der Waals surface area contributed by atoms with Crippen LogP contribution in [0.1, 0.15) is 5.56 Å². The lowest BCUT2D eigenvalue weighted by atomic mass is 10.00. The van der Waals surface area contributed by atoms with Gasteiger partial charge in [-0.2, -0.15) is 13.7 Å². The van der Waals surface area contributed by atoms with Crippen LogP contribution in [0.3, 0.4) is 0 Å². The minimum absolute atomic E-state index is 0.193. The van der Waals surface area contributed by atoms with E-state index in [9.17, 15) is 13.7 Å². The summed E-state index contributed by atoms with van der Waals surface area (Å²) >= 11 is 0. The smallest absolute Gasteiger partial charge is 0.306 e. The maximum atomic E-state index is 12.1. The molecule has 0 N–H and O–H groups in total. The van der Waals surface area contributed by atoms with Crippen LogP contribution >= 0.6 is 0 Å². The van der Waals surface area contributed by atoms with Gasteiger partial charge in [0.1, 0.15) is 5.82 Å². The molecule has 6 nitrogen and oxygen atoms in total. The van der Waals surface area contributed by atoms with E-state index in [4.69, 9.17) is 9.17 Å². The van der Waals surface area contributed by atoms with Gasteiger partial charge in [0, 0.05) is 16.5 Å². The Kier molecular flexibility index (Phi) is 4.99. The summed E-state index contributed by atoms with van der Waals surface area (Å²) < 4.78 is 31.5. The Hall–Kier alpha value is -4.67. The standard InChI is InChI=1S/C29H19N3O3S/c1-36(33,34)35-26-13-7-6-12-25(26)29-31-27-23-10-4-2-8-21(23)22-9-3-5-11-24(22)28(27)32(29)20-16-14-19(18-30)15-17-20/h2-17H,1H3. The second-order valence-electron chi connectivity index (χ2n) is 8.50. The summed E-state index contributed by atoms with van der Waals surface area (Å²) in [6.45, 7) is 0. The summed E-state index contributed by atoms with van der Waals surface area (Å²) in [7, 11) is -3.77. The monoisotopic (exact) mass is 489 g/mol. The molecule has 0 radical (unpaired) electrons. The highest BCUT2D eigenvalue weighted by Gasteiger charge is 2.22. The zero-order valence-corrected chi connectivity index (χ0v) is 20.0. The van der Waals surface area contributed by atoms with Gasteiger partial charge in [-0.25, -0.2) is 4.98 Å². The normalized spacial score (nSPS) is 11.7. The molecule has 0 saturated carbocycles. The Morgan fingerprint density at radius 2 is 1.36 bits per heavy atom. The maximum Gasteiger partial charge on any atom is 0.306 e. The summed E-state index contributed by atoms with van der Waals surface area (Å²) in [6.07, 6.45) is 1.02. The molecule has 6 aromatic rings. The number of aromatic nitrogens is 2. The lowest BCUT2D eigenvalue weighted by molar-refractivity contribution is 0.493. The molecule has 0 saturated heterocycles. The van der Waals surface area contributed by atoms with Gasteiger partial charge in [0.25, 0.3) is 0 Å². The van der Waals surface area contributed by atoms with E-state index in [2.05, 4.69) is 24.3 Å². The van der Waals surface area contributed by atoms with Crippen molar-refractivity contribution in [1.29, 1.82) is 5.26 Å². The van der Waals surface area contributed by atoms with Crippen molar-refractivity contribution in [1.82, 2.24) is 9.55 Å². The summed E-state index contributed by atoms with van der Waals surface area (Å²) in [6, 6.07) is 32.7. The van der Waals surface area contributed by atoms with Crippen LogP contribution in [-0.2, 0) is 10.1 Å². The van der Waals surface area contributed by atoms with Gasteiger partial charge in [0.2, 0.25) is 0 Å². The number of nitriles is 1. The Morgan fingerprint density at radius 3 is 2.03 bits per heavy atom. The summed E-state index contributed by atoms with van der Waals surface area (Å²) in [4.78, 5) is 5.09. The third kappa shape index (κ3) is 3.56. The number of benzene rings is 5. The van der Waals surface area contributed by atoms with E-state index in [0.29, 0.717) is 17.0 Å². The third-order valence-electron chi connectivity index (χ3n) is 6.16. The first-order valence-electron chi connectivity index (χ1n) is 11.3. The van der Waals surface area contributed by atoms with Crippen LogP contribution in [0, 0.1) is 11.3 Å². The molecular weight excluding hydrogens is 470 g/mol. The number of hydrogen-bond acceptors (Lipinski definition) is 5. The molecule has 0 atom stereocenters. The highest BCUT2D eigenvalue weighted by atomic mass is 32.2. The van der Waals surface area contributed by atoms with Crippen LogP contribution in [0.25, 0.3) is 49.7 Å². The fraction of sp³-hybridized carbons (Fsp3) is 0.0345. The minimum Gasteiger partial charge on any atom is -0.382 e. The Bertz CT molecular complexity index is 1950. The minimum atomic E-state index is -3.77. The predicted octanol–water partition coefficient (Wildman–Crippen LogP) is 6.21. The van der Waals surface area contributed by atoms with Gasteiger partial charge >= 0.3 is 10.1 Å². The first-order valence-corrected chi connectivity index (χ1v) is 13.1. The summed E-state index contributed by atoms with van der Waals surface area (Å²) in [5.41, 5.74) is 3.55. The second kappa shape index (κ2) is 8.22. The van der Waals surface area contributed by atoms with Crippen molar-refractivity contribution >= 4 is 42.7 Å². The van der Waals surface area contributed by atoms with E-state index >= 15 is 0 Å². The molecule has 0 bridgehead atoms. The zero-order valence-electron chi connectivity index (χ0n) is 19.2. The molecule has 174 valence electrons. The van der Waals surface area contributed by atoms with Crippen molar-refractivity contribution < 1.29 is 12.6 Å². The highest BCUT2D eigenvalue weighted by Crippen LogP contribution is 2.41. The lowest BCUT2D eigenvalue weighted by Gasteiger charge is -2.14. The van der Waals surface area contributed by atoms with Crippen molar-refractivity contribution in [2.45, 2.75) is 0 Å². The maximum absolute atomic E-state index is 12.1. The fourth-order valence-electron chi connectivity index (χ4n) is 4.71. The quantitative estimate of drug-likeness (QED) is 0.217. The summed E-state index contributed by atoms with van der Waals surface area (Å²) in [5.74, 6) is 0.731. The molecule has 7 heteroatoms. The van der Waals surface area contributed by atoms with Crippen molar-refractivity contribution in [3.05, 3.63) is 103 Å². The molecule has 0 aliphatic heterocycles. The van der Waals surface area contributed by atoms with Crippen molar-refractivity contribution in [3.8, 4) is 28.9 Å². The SMILES string of the molecule is CS(=O)(=O)Oc1ccccc1-c1nc2c3ccccc3c3ccccc3c2n1-c1ccc(C#N)cc1. The van der Waals surface area contributed by atoms with Crippen LogP contribution < -0.4 is 4.18 Å². The van der Waals surface area contributed by atoms with Gasteiger partial charge in [-0.15, -0.1) is 0 Å². The largest absolute Gasteiger partial charge is 0.382 e. The van der Waals surface area contributed by atoms with E-state index in [1.165, 1.54) is 0 Å². The first-order chi connectivity index (χ1) is 17.4. The van der Waals surface area contributed by atoms with Gasteiger partial charge < -0.3 is 4.18 Å². The van der Waals surface area contributed by atoms with Crippen LogP contribution in [-0.4, -0.2) is 24.2 Å². The predicted molar refractivity (Wildman–Crippen MR) is 142 cm³/mol. The molecule has 0 aliphatic rings. The Balaban J connectivity index is 1.81. The van der Waals surface area contributed by atoms with E-state index in [1.54, 1.807) is 30.3 Å². The number of hydrogen-bond donors (Lipinski definition) is 0. The molecule has 36 heavy (non-hydrogen) atoms. The van der Waals surface area contributed by atoms with E-state index in [-0.39, 0.29) is 5.75 Å². The van der Waals surface area contributed by atoms with E-state index in [0.717, 1.165) is 44.5 Å². The van der Waals surface area contributed by atoms with E-state index < -0.39 is 10.1 Å². The van der Waals surface area contributed by atoms with Gasteiger partial charge in [0.15, 0.2) is 5.75 Å². The number of para-hydroxylation sites is 1. The number of rotatable bonds is 4. The number of imidazole rings is 1. The lowest BCUT2D eigenvalue weighted by Crippen LogP contribution is -2.07. The van der Waals surface area contributed by atoms with Crippen LogP contribution in [0.5, 0.6) is 5.75 Å². The average Bonchev–Trinajstić information content (AvgIpc) is 3.29. The highest BCUT2D eigenvalue weighted by molar-refractivity contribution is 7.86. The topological polar surface area (TPSA) is 85.0 Å². The molecule has 5 aromatic carbocycles. The fourth-order valence-corrected chi connectivity index (χ4v) is 5.18. The average molecular weight is 490 g/mol. The molecule has 6 rings (SSSR count). The van der Waals surface area contributed by atoms with Gasteiger partial charge in [-0.1, -0.05) is 60.7 Å². The third-order valence-corrected chi connectivity index (χ3v) is 6.64. The Labute approximate surface area is 207 Å². The first kappa shape index (κ1) is 21.8. The van der Waals surface area contributed by atoms with Crippen LogP contribution in [0.2, 0.25) is 0 Å². The molecule has 0 fully saturated rings. The Morgan fingerprint density at radius 1 is 0.778 bits per heavy atom. The molecule has 0 aliphatic carbocycles. The van der Waals surface area contributed by atoms with Crippen molar-refractivity contribution in [3.63, 3.8) is 0 Å². The molecule has 1 aromatic heterocycles. The number of nitrogens with zero attached hydrogens (tertiary/aromatic N) is 3. The van der Waals surface area contributed by atoms with Crippen LogP contribution in [0.15, 0.2) is 97.1 Å². The second-order valence-corrected chi connectivity index (χ2v) is 10.1. The summed E-state index contributed by atoms with van der Waals surface area (Å²) in [5, 5.41) is 13.5. The molecule has 0 amide bonds. The zero-order chi connectivity index (χ0) is 24.9. The van der Waals surface area contributed by atoms with Gasteiger partial charge in [-0.05, 0) is 47.2 Å². The number of fused-ring (bicyclic) bond motifs is 6. The van der Waals surface area contributed by atoms with Crippen molar-refractivity contribution in [2.75, 3.05) is 6.26 Å². The van der Waals surface area contributed by atoms with Gasteiger partial charge in [-0.3, -0.25) is 4.57 Å². The molecule has 0 spiro atoms. The molecule has 0 unspecified atom stereocenters.